The van der Waals surface area contributed by atoms with Crippen LogP contribution in [-0.2, 0) is 19.8 Å². The largest absolute Gasteiger partial charge is 0.496 e. The highest BCUT2D eigenvalue weighted by Gasteiger charge is 2.25. The molecule has 0 saturated carbocycles. The lowest BCUT2D eigenvalue weighted by atomic mass is 10.0. The van der Waals surface area contributed by atoms with E-state index in [2.05, 4.69) is 10.6 Å². The average molecular weight is 775 g/mol. The summed E-state index contributed by atoms with van der Waals surface area (Å²) in [5.74, 6) is 2.65. The summed E-state index contributed by atoms with van der Waals surface area (Å²) in [4.78, 5) is 12.6. The molecule has 4 aromatic rings. The first-order chi connectivity index (χ1) is 26.8. The number of hydrogen-bond donors (Lipinski definition) is 5. The van der Waals surface area contributed by atoms with Crippen LogP contribution in [-0.4, -0.2) is 55.8 Å². The fraction of sp³-hybridized carbons (Fsp3) is 0.372. The summed E-state index contributed by atoms with van der Waals surface area (Å²) in [5.41, 5.74) is 5.52. The highest BCUT2D eigenvalue weighted by Crippen LogP contribution is 2.39. The van der Waals surface area contributed by atoms with Gasteiger partial charge in [0.2, 0.25) is 5.75 Å². The van der Waals surface area contributed by atoms with Crippen molar-refractivity contribution in [2.75, 3.05) is 39.9 Å². The molecule has 5 rings (SSSR count). The first-order valence-corrected chi connectivity index (χ1v) is 18.9. The Balaban J connectivity index is 1.01. The number of carbonyl (C=O) groups is 1. The number of methoxy groups -OCH3 is 3. The van der Waals surface area contributed by atoms with E-state index >= 15 is 0 Å². The van der Waals surface area contributed by atoms with Gasteiger partial charge in [-0.15, -0.1) is 0 Å². The Hall–Kier alpha value is -4.94. The van der Waals surface area contributed by atoms with Crippen molar-refractivity contribution < 1.29 is 43.8 Å². The number of ether oxygens (including phenoxy) is 5. The van der Waals surface area contributed by atoms with Crippen LogP contribution in [0.25, 0.3) is 12.2 Å². The van der Waals surface area contributed by atoms with E-state index < -0.39 is 6.17 Å². The van der Waals surface area contributed by atoms with Crippen LogP contribution in [0.3, 0.4) is 0 Å². The van der Waals surface area contributed by atoms with Crippen molar-refractivity contribution in [3.8, 4) is 28.7 Å². The molecule has 1 aliphatic heterocycles. The van der Waals surface area contributed by atoms with Crippen molar-refractivity contribution in [1.29, 1.82) is 0 Å². The van der Waals surface area contributed by atoms with E-state index in [0.29, 0.717) is 74.9 Å². The number of amides is 1. The molecule has 1 aliphatic rings. The minimum Gasteiger partial charge on any atom is -0.496 e. The topological polar surface area (TPSA) is 148 Å². The number of rotatable bonds is 21. The second kappa shape index (κ2) is 20.7. The van der Waals surface area contributed by atoms with Gasteiger partial charge in [0.15, 0.2) is 11.5 Å². The molecule has 1 amide bonds. The van der Waals surface area contributed by atoms with Gasteiger partial charge in [-0.1, -0.05) is 61.9 Å². The predicted molar refractivity (Wildman–Crippen MR) is 214 cm³/mol. The van der Waals surface area contributed by atoms with Crippen LogP contribution in [0.15, 0.2) is 60.7 Å². The van der Waals surface area contributed by atoms with Gasteiger partial charge in [0, 0.05) is 21.8 Å². The molecule has 1 atom stereocenters. The molecule has 4 aromatic carbocycles. The Labute approximate surface area is 327 Å². The van der Waals surface area contributed by atoms with Gasteiger partial charge in [-0.3, -0.25) is 4.79 Å². The molecule has 1 heterocycles. The number of halogens is 1. The van der Waals surface area contributed by atoms with Gasteiger partial charge in [-0.25, -0.2) is 0 Å². The van der Waals surface area contributed by atoms with Crippen LogP contribution in [0.2, 0.25) is 5.02 Å². The molecular formula is C43H51ClN2O9. The van der Waals surface area contributed by atoms with E-state index in [-0.39, 0.29) is 25.7 Å². The van der Waals surface area contributed by atoms with Crippen molar-refractivity contribution in [3.05, 3.63) is 105 Å². The summed E-state index contributed by atoms with van der Waals surface area (Å²) in [6.07, 6.45) is 10.6. The maximum absolute atomic E-state index is 12.6. The summed E-state index contributed by atoms with van der Waals surface area (Å²) in [5, 5.41) is 36.2. The highest BCUT2D eigenvalue weighted by molar-refractivity contribution is 6.31. The minimum absolute atomic E-state index is 0.172. The fourth-order valence-electron chi connectivity index (χ4n) is 6.54. The standard InChI is InChI=1S/C43H51ClN2O9/c1-51-38-20-28(19-31(25-47)35(38)27-49)11-12-29-21-39(52-2)41(40(22-29)53-3)55-18-10-8-6-4-5-7-9-17-54-37-16-13-30(23-32(37)26-48)42-45-36-15-14-33(44)24-34(36)43(50)46-42/h11-16,19-24,42,45,47-49H,4-10,17-18,25-27H2,1-3H3,(H,46,50). The van der Waals surface area contributed by atoms with Crippen LogP contribution >= 0.6 is 11.6 Å². The molecule has 294 valence electrons. The Kier molecular flexibility index (Phi) is 15.5. The van der Waals surface area contributed by atoms with Gasteiger partial charge in [0.25, 0.3) is 5.91 Å². The maximum Gasteiger partial charge on any atom is 0.255 e. The quantitative estimate of drug-likeness (QED) is 0.0416. The summed E-state index contributed by atoms with van der Waals surface area (Å²) in [6.45, 7) is 0.490. The number of aliphatic hydroxyl groups is 3. The molecule has 5 N–H and O–H groups in total. The fourth-order valence-corrected chi connectivity index (χ4v) is 6.71. The van der Waals surface area contributed by atoms with Gasteiger partial charge < -0.3 is 49.6 Å². The zero-order chi connectivity index (χ0) is 39.2. The third-order valence-corrected chi connectivity index (χ3v) is 9.74. The second-order valence-electron chi connectivity index (χ2n) is 13.2. The monoisotopic (exact) mass is 774 g/mol. The van der Waals surface area contributed by atoms with E-state index in [9.17, 15) is 20.1 Å². The van der Waals surface area contributed by atoms with Gasteiger partial charge >= 0.3 is 0 Å². The first-order valence-electron chi connectivity index (χ1n) is 18.5. The Morgan fingerprint density at radius 3 is 1.85 bits per heavy atom. The lowest BCUT2D eigenvalue weighted by molar-refractivity contribution is 0.0935. The molecule has 55 heavy (non-hydrogen) atoms. The van der Waals surface area contributed by atoms with Crippen molar-refractivity contribution >= 4 is 35.3 Å². The third-order valence-electron chi connectivity index (χ3n) is 9.51. The van der Waals surface area contributed by atoms with Gasteiger partial charge in [-0.05, 0) is 89.7 Å². The van der Waals surface area contributed by atoms with E-state index in [1.165, 1.54) is 7.11 Å². The number of hydrogen-bond acceptors (Lipinski definition) is 10. The van der Waals surface area contributed by atoms with E-state index in [1.807, 2.05) is 54.6 Å². The minimum atomic E-state index is -0.435. The molecule has 11 nitrogen and oxygen atoms in total. The summed E-state index contributed by atoms with van der Waals surface area (Å²) in [7, 11) is 4.73. The summed E-state index contributed by atoms with van der Waals surface area (Å²) < 4.78 is 28.9. The van der Waals surface area contributed by atoms with Gasteiger partial charge in [0.05, 0.1) is 59.9 Å². The molecule has 1 unspecified atom stereocenters. The molecule has 0 radical (unpaired) electrons. The number of benzene rings is 4. The second-order valence-corrected chi connectivity index (χ2v) is 13.6. The van der Waals surface area contributed by atoms with Crippen LogP contribution in [0.5, 0.6) is 28.7 Å². The van der Waals surface area contributed by atoms with Gasteiger partial charge in [-0.2, -0.15) is 0 Å². The van der Waals surface area contributed by atoms with Crippen LogP contribution in [0.1, 0.15) is 94.9 Å². The molecule has 0 bridgehead atoms. The lowest BCUT2D eigenvalue weighted by Crippen LogP contribution is -2.38. The normalized spacial score (nSPS) is 13.6. The molecule has 0 fully saturated rings. The van der Waals surface area contributed by atoms with E-state index in [0.717, 1.165) is 61.6 Å². The first kappa shape index (κ1) is 41.2. The Morgan fingerprint density at radius 2 is 1.24 bits per heavy atom. The van der Waals surface area contributed by atoms with Crippen molar-refractivity contribution in [1.82, 2.24) is 5.32 Å². The smallest absolute Gasteiger partial charge is 0.255 e. The molecule has 12 heteroatoms. The Bertz CT molecular complexity index is 1880. The molecular weight excluding hydrogens is 724 g/mol. The summed E-state index contributed by atoms with van der Waals surface area (Å²) in [6, 6.07) is 18.2. The van der Waals surface area contributed by atoms with E-state index in [4.69, 9.17) is 35.3 Å². The number of nitrogens with one attached hydrogen (secondary N) is 2. The number of anilines is 1. The molecule has 0 aliphatic carbocycles. The molecule has 0 aromatic heterocycles. The highest BCUT2D eigenvalue weighted by atomic mass is 35.5. The number of carbonyl (C=O) groups excluding carboxylic acids is 1. The van der Waals surface area contributed by atoms with Crippen molar-refractivity contribution in [2.24, 2.45) is 0 Å². The molecule has 0 saturated heterocycles. The van der Waals surface area contributed by atoms with Crippen molar-refractivity contribution in [2.45, 2.75) is 70.9 Å². The van der Waals surface area contributed by atoms with E-state index in [1.54, 1.807) is 32.4 Å². The van der Waals surface area contributed by atoms with Crippen LogP contribution in [0.4, 0.5) is 5.69 Å². The van der Waals surface area contributed by atoms with Crippen molar-refractivity contribution in [3.63, 3.8) is 0 Å². The maximum atomic E-state index is 12.6. The lowest BCUT2D eigenvalue weighted by Gasteiger charge is -2.28. The SMILES string of the molecule is COc1cc(C=Cc2cc(OC)c(OCCCCCCCCCOc3ccc(C4NC(=O)c5cc(Cl)ccc5N4)cc3CO)c(OC)c2)cc(CO)c1CO. The van der Waals surface area contributed by atoms with Gasteiger partial charge in [0.1, 0.15) is 17.7 Å². The number of aliphatic hydroxyl groups excluding tert-OH is 3. The third kappa shape index (κ3) is 10.9. The summed E-state index contributed by atoms with van der Waals surface area (Å²) >= 11 is 6.05. The Morgan fingerprint density at radius 1 is 0.636 bits per heavy atom. The zero-order valence-electron chi connectivity index (χ0n) is 31.7. The number of unbranched alkanes of at least 4 members (excludes halogenated alkanes) is 6. The number of fused-ring (bicyclic) bond motifs is 1. The van der Waals surface area contributed by atoms with Crippen LogP contribution < -0.4 is 34.3 Å². The molecule has 0 spiro atoms. The predicted octanol–water partition coefficient (Wildman–Crippen LogP) is 8.06. The van der Waals surface area contributed by atoms with Crippen LogP contribution in [0, 0.1) is 0 Å². The average Bonchev–Trinajstić information content (AvgIpc) is 3.21. The zero-order valence-corrected chi connectivity index (χ0v) is 32.4.